The monoisotopic (exact) mass is 540 g/mol. The van der Waals surface area contributed by atoms with Crippen molar-refractivity contribution in [2.75, 3.05) is 46.6 Å². The lowest BCUT2D eigenvalue weighted by Crippen LogP contribution is -2.57. The summed E-state index contributed by atoms with van der Waals surface area (Å²) in [6, 6.07) is 4.67. The second-order valence-electron chi connectivity index (χ2n) is 7.99. The molecule has 1 atom stereocenters. The number of aliphatic imine (C=N–C) groups is 1. The van der Waals surface area contributed by atoms with Gasteiger partial charge in [-0.2, -0.15) is 13.2 Å². The highest BCUT2D eigenvalue weighted by atomic mass is 127. The zero-order valence-electron chi connectivity index (χ0n) is 17.2. The quantitative estimate of drug-likeness (QED) is 0.362. The van der Waals surface area contributed by atoms with Gasteiger partial charge in [-0.05, 0) is 37.5 Å². The summed E-state index contributed by atoms with van der Waals surface area (Å²) < 4.78 is 49.7. The highest BCUT2D eigenvalue weighted by Gasteiger charge is 2.45. The van der Waals surface area contributed by atoms with Crippen LogP contribution in [0.2, 0.25) is 0 Å². The van der Waals surface area contributed by atoms with Crippen LogP contribution in [-0.2, 0) is 5.41 Å². The number of benzene rings is 1. The van der Waals surface area contributed by atoms with Gasteiger partial charge in [-0.25, -0.2) is 0 Å². The van der Waals surface area contributed by atoms with Gasteiger partial charge in [0.25, 0.3) is 0 Å². The molecule has 3 aliphatic rings. The summed E-state index contributed by atoms with van der Waals surface area (Å²) in [4.78, 5) is 7.88. The SMILES string of the molecule is CN=C(NCC1(c2ccc3c(c2)OCO3)CC1)N1CCN(C(C)C(F)(F)F)CC1.I. The maximum absolute atomic E-state index is 13.0. The summed E-state index contributed by atoms with van der Waals surface area (Å²) >= 11 is 0. The number of hydrogen-bond acceptors (Lipinski definition) is 4. The van der Waals surface area contributed by atoms with Crippen molar-refractivity contribution in [2.24, 2.45) is 4.99 Å². The Morgan fingerprint density at radius 3 is 2.43 bits per heavy atom. The minimum absolute atomic E-state index is 0. The van der Waals surface area contributed by atoms with Crippen molar-refractivity contribution in [1.29, 1.82) is 0 Å². The molecule has 1 aliphatic carbocycles. The van der Waals surface area contributed by atoms with Gasteiger partial charge in [-0.1, -0.05) is 6.07 Å². The predicted octanol–water partition coefficient (Wildman–Crippen LogP) is 3.21. The lowest BCUT2D eigenvalue weighted by molar-refractivity contribution is -0.181. The van der Waals surface area contributed by atoms with Crippen LogP contribution in [-0.4, -0.2) is 74.5 Å². The molecule has 0 radical (unpaired) electrons. The van der Waals surface area contributed by atoms with Gasteiger partial charge in [0.2, 0.25) is 6.79 Å². The Kier molecular flexibility index (Phi) is 6.95. The molecule has 1 N–H and O–H groups in total. The Balaban J connectivity index is 0.00000256. The molecule has 0 aromatic heterocycles. The summed E-state index contributed by atoms with van der Waals surface area (Å²) in [6.45, 7) is 4.01. The van der Waals surface area contributed by atoms with Crippen LogP contribution in [0.25, 0.3) is 0 Å². The molecule has 1 aromatic rings. The molecule has 2 aliphatic heterocycles. The number of guanidine groups is 1. The second kappa shape index (κ2) is 8.97. The molecule has 6 nitrogen and oxygen atoms in total. The molecule has 1 saturated carbocycles. The Morgan fingerprint density at radius 2 is 1.83 bits per heavy atom. The maximum atomic E-state index is 13.0. The first kappa shape index (κ1) is 23.2. The third-order valence-electron chi connectivity index (χ3n) is 6.27. The van der Waals surface area contributed by atoms with E-state index in [9.17, 15) is 13.2 Å². The van der Waals surface area contributed by atoms with Gasteiger partial charge in [-0.15, -0.1) is 24.0 Å². The minimum atomic E-state index is -4.19. The van der Waals surface area contributed by atoms with Crippen LogP contribution in [0, 0.1) is 0 Å². The van der Waals surface area contributed by atoms with Crippen molar-refractivity contribution in [1.82, 2.24) is 15.1 Å². The molecule has 0 spiro atoms. The summed E-state index contributed by atoms with van der Waals surface area (Å²) in [5.74, 6) is 2.31. The first-order valence-corrected chi connectivity index (χ1v) is 9.99. The van der Waals surface area contributed by atoms with E-state index in [1.54, 1.807) is 7.05 Å². The van der Waals surface area contributed by atoms with Crippen LogP contribution in [0.1, 0.15) is 25.3 Å². The van der Waals surface area contributed by atoms with Gasteiger partial charge in [0.1, 0.15) is 6.04 Å². The fourth-order valence-electron chi connectivity index (χ4n) is 4.05. The first-order chi connectivity index (χ1) is 13.8. The number of ether oxygens (including phenoxy) is 2. The van der Waals surface area contributed by atoms with Crippen LogP contribution in [0.5, 0.6) is 11.5 Å². The van der Waals surface area contributed by atoms with Crippen LogP contribution in [0.4, 0.5) is 13.2 Å². The second-order valence-corrected chi connectivity index (χ2v) is 7.99. The molecule has 0 amide bonds. The van der Waals surface area contributed by atoms with E-state index < -0.39 is 12.2 Å². The minimum Gasteiger partial charge on any atom is -0.454 e. The molecular weight excluding hydrogens is 512 g/mol. The number of nitrogens with one attached hydrogen (secondary N) is 1. The fourth-order valence-corrected chi connectivity index (χ4v) is 4.05. The number of halogens is 4. The Labute approximate surface area is 191 Å². The van der Waals surface area contributed by atoms with Crippen LogP contribution >= 0.6 is 24.0 Å². The van der Waals surface area contributed by atoms with E-state index in [-0.39, 0.29) is 36.2 Å². The highest BCUT2D eigenvalue weighted by molar-refractivity contribution is 14.0. The number of nitrogens with zero attached hydrogens (tertiary/aromatic N) is 3. The number of rotatable bonds is 4. The van der Waals surface area contributed by atoms with Gasteiger partial charge >= 0.3 is 6.18 Å². The van der Waals surface area contributed by atoms with E-state index in [0.29, 0.717) is 26.2 Å². The van der Waals surface area contributed by atoms with E-state index in [1.807, 2.05) is 11.0 Å². The average molecular weight is 540 g/mol. The molecular formula is C20H28F3IN4O2. The summed E-state index contributed by atoms with van der Waals surface area (Å²) in [6.07, 6.45) is -2.04. The standard InChI is InChI=1S/C20H27F3N4O2.HI/c1-14(20(21,22)23)26-7-9-27(10-8-26)18(24-2)25-12-19(5-6-19)15-3-4-16-17(11-15)29-13-28-16;/h3-4,11,14H,5-10,12-13H2,1-2H3,(H,24,25);1H. The van der Waals surface area contributed by atoms with E-state index in [0.717, 1.165) is 36.8 Å². The third-order valence-corrected chi connectivity index (χ3v) is 6.27. The van der Waals surface area contributed by atoms with Gasteiger partial charge in [0.05, 0.1) is 0 Å². The third kappa shape index (κ3) is 4.74. The molecule has 30 heavy (non-hydrogen) atoms. The van der Waals surface area contributed by atoms with Crippen molar-refractivity contribution in [2.45, 2.75) is 37.4 Å². The van der Waals surface area contributed by atoms with E-state index in [4.69, 9.17) is 9.47 Å². The van der Waals surface area contributed by atoms with Gasteiger partial charge in [-0.3, -0.25) is 9.89 Å². The fraction of sp³-hybridized carbons (Fsp3) is 0.650. The number of hydrogen-bond donors (Lipinski definition) is 1. The molecule has 10 heteroatoms. The Bertz CT molecular complexity index is 778. The lowest BCUT2D eigenvalue weighted by atomic mass is 9.95. The predicted molar refractivity (Wildman–Crippen MR) is 119 cm³/mol. The first-order valence-electron chi connectivity index (χ1n) is 9.99. The lowest BCUT2D eigenvalue weighted by Gasteiger charge is -2.40. The Morgan fingerprint density at radius 1 is 1.17 bits per heavy atom. The maximum Gasteiger partial charge on any atom is 0.403 e. The van der Waals surface area contributed by atoms with Gasteiger partial charge in [0, 0.05) is 45.2 Å². The molecule has 1 unspecified atom stereocenters. The largest absolute Gasteiger partial charge is 0.454 e. The topological polar surface area (TPSA) is 49.3 Å². The van der Waals surface area contributed by atoms with Crippen molar-refractivity contribution in [3.63, 3.8) is 0 Å². The zero-order valence-corrected chi connectivity index (χ0v) is 19.5. The van der Waals surface area contributed by atoms with Crippen LogP contribution in [0.15, 0.2) is 23.2 Å². The summed E-state index contributed by atoms with van der Waals surface area (Å²) in [7, 11) is 1.72. The molecule has 168 valence electrons. The Hall–Kier alpha value is -1.43. The van der Waals surface area contributed by atoms with Crippen molar-refractivity contribution < 1.29 is 22.6 Å². The number of alkyl halides is 3. The highest BCUT2D eigenvalue weighted by Crippen LogP contribution is 2.50. The summed E-state index contributed by atoms with van der Waals surface area (Å²) in [5, 5.41) is 3.45. The van der Waals surface area contributed by atoms with E-state index >= 15 is 0 Å². The summed E-state index contributed by atoms with van der Waals surface area (Å²) in [5.41, 5.74) is 1.26. The van der Waals surface area contributed by atoms with Crippen molar-refractivity contribution in [3.05, 3.63) is 23.8 Å². The van der Waals surface area contributed by atoms with Crippen LogP contribution < -0.4 is 14.8 Å². The van der Waals surface area contributed by atoms with E-state index in [2.05, 4.69) is 22.4 Å². The molecule has 2 heterocycles. The smallest absolute Gasteiger partial charge is 0.403 e. The molecule has 4 rings (SSSR count). The van der Waals surface area contributed by atoms with Crippen molar-refractivity contribution >= 4 is 29.9 Å². The van der Waals surface area contributed by atoms with Crippen LogP contribution in [0.3, 0.4) is 0 Å². The normalized spacial score (nSPS) is 21.8. The molecule has 0 bridgehead atoms. The zero-order chi connectivity index (χ0) is 20.6. The van der Waals surface area contributed by atoms with Crippen molar-refractivity contribution in [3.8, 4) is 11.5 Å². The van der Waals surface area contributed by atoms with Gasteiger partial charge in [0.15, 0.2) is 17.5 Å². The average Bonchev–Trinajstić information content (AvgIpc) is 3.35. The van der Waals surface area contributed by atoms with E-state index in [1.165, 1.54) is 17.4 Å². The molecule has 1 aromatic carbocycles. The number of fused-ring (bicyclic) bond motifs is 1. The molecule has 2 fully saturated rings. The molecule has 1 saturated heterocycles. The number of piperazine rings is 1. The van der Waals surface area contributed by atoms with Gasteiger partial charge < -0.3 is 19.7 Å².